The van der Waals surface area contributed by atoms with Crippen LogP contribution < -0.4 is 10.2 Å². The number of thioether (sulfide) groups is 1. The number of amidine groups is 1. The number of carbonyl (C=O) groups excluding carboxylic acids is 1. The van der Waals surface area contributed by atoms with Crippen LogP contribution in [-0.4, -0.2) is 48.8 Å². The van der Waals surface area contributed by atoms with Crippen LogP contribution in [0.4, 0.5) is 15.8 Å². The van der Waals surface area contributed by atoms with E-state index < -0.39 is 15.7 Å². The highest BCUT2D eigenvalue weighted by atomic mass is 32.2. The molecule has 0 aromatic heterocycles. The molecule has 1 saturated heterocycles. The Morgan fingerprint density at radius 1 is 1.14 bits per heavy atom. The van der Waals surface area contributed by atoms with Crippen molar-refractivity contribution in [2.75, 3.05) is 28.3 Å². The van der Waals surface area contributed by atoms with Gasteiger partial charge in [0, 0.05) is 10.9 Å². The number of rotatable bonds is 4. The Hall–Kier alpha value is -2.39. The minimum atomic E-state index is -3.09. The van der Waals surface area contributed by atoms with Crippen LogP contribution in [0.5, 0.6) is 0 Å². The number of benzene rings is 2. The summed E-state index contributed by atoms with van der Waals surface area (Å²) in [6.07, 6.45) is 0. The summed E-state index contributed by atoms with van der Waals surface area (Å²) in [7, 11) is -3.09. The van der Waals surface area contributed by atoms with Gasteiger partial charge in [-0.2, -0.15) is 0 Å². The highest BCUT2D eigenvalue weighted by Crippen LogP contribution is 2.37. The number of nitrogens with one attached hydrogen (secondary N) is 1. The molecule has 0 saturated carbocycles. The number of nitrogens with zero attached hydrogens (tertiary/aromatic N) is 2. The maximum atomic E-state index is 14.5. The number of halogens is 1. The molecular formula is C19H18FN3O3S2. The van der Waals surface area contributed by atoms with Crippen LogP contribution in [0, 0.1) is 5.82 Å². The third-order valence-electron chi connectivity index (χ3n) is 4.54. The number of para-hydroxylation sites is 2. The van der Waals surface area contributed by atoms with E-state index in [0.29, 0.717) is 10.9 Å². The van der Waals surface area contributed by atoms with Crippen LogP contribution in [-0.2, 0) is 14.6 Å². The quantitative estimate of drug-likeness (QED) is 0.824. The number of anilines is 2. The topological polar surface area (TPSA) is 78.8 Å². The van der Waals surface area contributed by atoms with Gasteiger partial charge in [-0.3, -0.25) is 9.79 Å². The zero-order valence-corrected chi connectivity index (χ0v) is 16.4. The molecule has 2 aromatic carbocycles. The first kappa shape index (κ1) is 18.9. The van der Waals surface area contributed by atoms with E-state index >= 15 is 0 Å². The highest BCUT2D eigenvalue weighted by molar-refractivity contribution is 8.15. The number of hydrogen-bond acceptors (Lipinski definition) is 6. The molecule has 2 aromatic rings. The summed E-state index contributed by atoms with van der Waals surface area (Å²) < 4.78 is 38.1. The van der Waals surface area contributed by atoms with Crippen molar-refractivity contribution < 1.29 is 17.6 Å². The van der Waals surface area contributed by atoms with Gasteiger partial charge in [0.15, 0.2) is 15.0 Å². The molecule has 2 aliphatic rings. The molecule has 146 valence electrons. The van der Waals surface area contributed by atoms with Gasteiger partial charge in [-0.15, -0.1) is 0 Å². The molecule has 0 aliphatic carbocycles. The zero-order valence-electron chi connectivity index (χ0n) is 14.8. The second kappa shape index (κ2) is 7.56. The van der Waals surface area contributed by atoms with Gasteiger partial charge in [0.05, 0.1) is 23.2 Å². The van der Waals surface area contributed by atoms with Crippen molar-refractivity contribution in [1.82, 2.24) is 0 Å². The minimum absolute atomic E-state index is 0.00447. The normalized spacial score (nSPS) is 22.4. The molecule has 1 fully saturated rings. The van der Waals surface area contributed by atoms with Crippen LogP contribution in [0.1, 0.15) is 0 Å². The van der Waals surface area contributed by atoms with Gasteiger partial charge in [0.2, 0.25) is 5.91 Å². The Morgan fingerprint density at radius 3 is 2.57 bits per heavy atom. The Balaban J connectivity index is 1.59. The molecule has 1 amide bonds. The molecule has 0 bridgehead atoms. The van der Waals surface area contributed by atoms with Crippen molar-refractivity contribution >= 4 is 44.0 Å². The molecular weight excluding hydrogens is 401 g/mol. The molecule has 0 spiro atoms. The van der Waals surface area contributed by atoms with E-state index in [4.69, 9.17) is 0 Å². The van der Waals surface area contributed by atoms with Crippen LogP contribution in [0.2, 0.25) is 0 Å². The third kappa shape index (κ3) is 4.05. The molecule has 0 radical (unpaired) electrons. The zero-order chi connectivity index (χ0) is 19.7. The Labute approximate surface area is 166 Å². The lowest BCUT2D eigenvalue weighted by Gasteiger charge is -2.24. The van der Waals surface area contributed by atoms with Crippen molar-refractivity contribution in [3.8, 4) is 0 Å². The minimum Gasteiger partial charge on any atom is -0.325 e. The lowest BCUT2D eigenvalue weighted by atomic mass is 10.2. The second-order valence-corrected chi connectivity index (χ2v) is 10.0. The Bertz CT molecular complexity index is 1030. The molecule has 9 heteroatoms. The average Bonchev–Trinajstić information content (AvgIpc) is 3.14. The monoisotopic (exact) mass is 419 g/mol. The summed E-state index contributed by atoms with van der Waals surface area (Å²) in [6, 6.07) is 14.8. The van der Waals surface area contributed by atoms with Gasteiger partial charge >= 0.3 is 0 Å². The smallest absolute Gasteiger partial charge is 0.244 e. The van der Waals surface area contributed by atoms with E-state index in [1.165, 1.54) is 22.7 Å². The highest BCUT2D eigenvalue weighted by Gasteiger charge is 2.44. The first-order valence-corrected chi connectivity index (χ1v) is 11.4. The standard InChI is InChI=1S/C19H18FN3O3S2/c20-14-8-4-5-9-16(14)23(10-18(24)21-13-6-2-1-3-7-13)19-22-15-11-28(25,26)12-17(15)27-19/h1-9,15,17H,10-12H2,(H,21,24)/t15-,17+/m0/s1. The maximum absolute atomic E-state index is 14.5. The number of fused-ring (bicyclic) bond motifs is 1. The fraction of sp³-hybridized carbons (Fsp3) is 0.263. The number of hydrogen-bond donors (Lipinski definition) is 1. The number of aliphatic imine (C=N–C) groups is 1. The predicted octanol–water partition coefficient (Wildman–Crippen LogP) is 2.54. The van der Waals surface area contributed by atoms with Crippen LogP contribution in [0.3, 0.4) is 0 Å². The lowest BCUT2D eigenvalue weighted by molar-refractivity contribution is -0.114. The van der Waals surface area contributed by atoms with E-state index in [0.717, 1.165) is 0 Å². The predicted molar refractivity (Wildman–Crippen MR) is 110 cm³/mol. The maximum Gasteiger partial charge on any atom is 0.244 e. The fourth-order valence-electron chi connectivity index (χ4n) is 3.26. The molecule has 0 unspecified atom stereocenters. The summed E-state index contributed by atoms with van der Waals surface area (Å²) >= 11 is 1.29. The van der Waals surface area contributed by atoms with E-state index in [9.17, 15) is 17.6 Å². The summed E-state index contributed by atoms with van der Waals surface area (Å²) in [5.74, 6) is -0.739. The van der Waals surface area contributed by atoms with E-state index in [2.05, 4.69) is 10.3 Å². The Kier molecular flexibility index (Phi) is 5.11. The van der Waals surface area contributed by atoms with Crippen molar-refractivity contribution in [2.24, 2.45) is 4.99 Å². The van der Waals surface area contributed by atoms with Gasteiger partial charge in [-0.1, -0.05) is 42.1 Å². The molecule has 2 heterocycles. The molecule has 4 rings (SSSR count). The molecule has 1 N–H and O–H groups in total. The van der Waals surface area contributed by atoms with Crippen molar-refractivity contribution in [2.45, 2.75) is 11.3 Å². The van der Waals surface area contributed by atoms with Gasteiger partial charge < -0.3 is 10.2 Å². The first-order chi connectivity index (χ1) is 13.4. The summed E-state index contributed by atoms with van der Waals surface area (Å²) in [4.78, 5) is 18.6. The van der Waals surface area contributed by atoms with E-state index in [1.807, 2.05) is 18.2 Å². The van der Waals surface area contributed by atoms with Gasteiger partial charge in [0.1, 0.15) is 12.4 Å². The largest absolute Gasteiger partial charge is 0.325 e. The van der Waals surface area contributed by atoms with Crippen LogP contribution >= 0.6 is 11.8 Å². The molecule has 2 atom stereocenters. The van der Waals surface area contributed by atoms with Crippen molar-refractivity contribution in [3.05, 3.63) is 60.4 Å². The summed E-state index contributed by atoms with van der Waals surface area (Å²) in [5, 5.41) is 3.07. The van der Waals surface area contributed by atoms with Gasteiger partial charge in [-0.05, 0) is 24.3 Å². The number of amides is 1. The van der Waals surface area contributed by atoms with Crippen LogP contribution in [0.25, 0.3) is 0 Å². The third-order valence-corrected chi connectivity index (χ3v) is 7.79. The number of carbonyl (C=O) groups is 1. The fourth-order valence-corrected chi connectivity index (χ4v) is 7.04. The van der Waals surface area contributed by atoms with Gasteiger partial charge in [-0.25, -0.2) is 12.8 Å². The second-order valence-electron chi connectivity index (χ2n) is 6.66. The summed E-state index contributed by atoms with van der Waals surface area (Å²) in [6.45, 7) is -0.131. The van der Waals surface area contributed by atoms with E-state index in [1.54, 1.807) is 30.3 Å². The van der Waals surface area contributed by atoms with Crippen molar-refractivity contribution in [3.63, 3.8) is 0 Å². The first-order valence-electron chi connectivity index (χ1n) is 8.73. The molecule has 28 heavy (non-hydrogen) atoms. The summed E-state index contributed by atoms with van der Waals surface area (Å²) in [5.41, 5.74) is 0.879. The van der Waals surface area contributed by atoms with Crippen LogP contribution in [0.15, 0.2) is 59.6 Å². The Morgan fingerprint density at radius 2 is 1.86 bits per heavy atom. The molecule has 2 aliphatic heterocycles. The van der Waals surface area contributed by atoms with E-state index in [-0.39, 0.29) is 40.9 Å². The lowest BCUT2D eigenvalue weighted by Crippen LogP contribution is -2.37. The molecule has 6 nitrogen and oxygen atoms in total. The average molecular weight is 420 g/mol. The SMILES string of the molecule is O=C(CN(C1=N[C@H]2CS(=O)(=O)C[C@H]2S1)c1ccccc1F)Nc1ccccc1. The van der Waals surface area contributed by atoms with Crippen molar-refractivity contribution in [1.29, 1.82) is 0 Å². The van der Waals surface area contributed by atoms with Gasteiger partial charge in [0.25, 0.3) is 0 Å². The number of sulfone groups is 1.